The number of pyridine rings is 1. The molecule has 0 radical (unpaired) electrons. The van der Waals surface area contributed by atoms with Gasteiger partial charge in [0, 0.05) is 25.5 Å². The zero-order valence-corrected chi connectivity index (χ0v) is 22.7. The summed E-state index contributed by atoms with van der Waals surface area (Å²) in [6.07, 6.45) is 3.20. The van der Waals surface area contributed by atoms with Gasteiger partial charge in [0.1, 0.15) is 11.1 Å². The van der Waals surface area contributed by atoms with Gasteiger partial charge in [0.15, 0.2) is 0 Å². The molecule has 0 fully saturated rings. The van der Waals surface area contributed by atoms with Crippen molar-refractivity contribution in [2.75, 3.05) is 19.1 Å². The lowest BCUT2D eigenvalue weighted by Crippen LogP contribution is -2.31. The number of methoxy groups -OCH3 is 2. The van der Waals surface area contributed by atoms with Crippen LogP contribution >= 0.6 is 11.6 Å². The number of carbonyl (C=O) groups is 1. The van der Waals surface area contributed by atoms with E-state index in [9.17, 15) is 14.9 Å². The molecule has 0 saturated heterocycles. The van der Waals surface area contributed by atoms with Crippen molar-refractivity contribution in [3.05, 3.63) is 86.6 Å². The topological polar surface area (TPSA) is 115 Å². The van der Waals surface area contributed by atoms with Crippen molar-refractivity contribution in [1.82, 2.24) is 19.1 Å². The van der Waals surface area contributed by atoms with Gasteiger partial charge in [-0.1, -0.05) is 23.7 Å². The molecule has 0 aliphatic carbocycles. The molecule has 1 aliphatic heterocycles. The minimum absolute atomic E-state index is 0.00510. The number of benzene rings is 1. The fourth-order valence-electron chi connectivity index (χ4n) is 5.00. The van der Waals surface area contributed by atoms with E-state index in [0.29, 0.717) is 34.0 Å². The first-order chi connectivity index (χ1) is 18.7. The van der Waals surface area contributed by atoms with Gasteiger partial charge in [-0.25, -0.2) is 4.98 Å². The minimum atomic E-state index is -0.574. The van der Waals surface area contributed by atoms with Crippen LogP contribution in [0.25, 0.3) is 11.3 Å². The van der Waals surface area contributed by atoms with Crippen LogP contribution in [-0.2, 0) is 7.05 Å². The van der Waals surface area contributed by atoms with E-state index in [1.807, 2.05) is 32.0 Å². The average Bonchev–Trinajstić information content (AvgIpc) is 3.46. The molecule has 39 heavy (non-hydrogen) atoms. The van der Waals surface area contributed by atoms with E-state index in [1.165, 1.54) is 24.9 Å². The fourth-order valence-corrected chi connectivity index (χ4v) is 5.25. The summed E-state index contributed by atoms with van der Waals surface area (Å²) in [5.74, 6) is 0.0483. The number of halogens is 1. The Kier molecular flexibility index (Phi) is 6.62. The molecule has 198 valence electrons. The molecule has 1 unspecified atom stereocenters. The van der Waals surface area contributed by atoms with Crippen molar-refractivity contribution in [3.8, 4) is 29.2 Å². The molecule has 3 aromatic heterocycles. The standard InChI is InChI=1S/C28H25ClN6O4/c1-15(2)34-22(20-13-31-28(39-5)32-25(20)38-4)11-19-24(34)23(17-8-6-16(12-30)7-9-17)35(26(19)36)18-10-21(29)27(37)33(3)14-18/h6-11,13-15,23H,1-5H3. The lowest BCUT2D eigenvalue weighted by Gasteiger charge is -2.29. The largest absolute Gasteiger partial charge is 0.480 e. The number of anilines is 1. The molecule has 0 spiro atoms. The second-order valence-electron chi connectivity index (χ2n) is 9.35. The Morgan fingerprint density at radius 2 is 1.79 bits per heavy atom. The highest BCUT2D eigenvalue weighted by Crippen LogP contribution is 2.47. The summed E-state index contributed by atoms with van der Waals surface area (Å²) in [7, 11) is 4.57. The summed E-state index contributed by atoms with van der Waals surface area (Å²) in [5, 5.41) is 9.35. The predicted molar refractivity (Wildman–Crippen MR) is 145 cm³/mol. The van der Waals surface area contributed by atoms with Gasteiger partial charge in [0.25, 0.3) is 11.5 Å². The molecule has 1 aliphatic rings. The number of fused-ring (bicyclic) bond motifs is 1. The predicted octanol–water partition coefficient (Wildman–Crippen LogP) is 4.52. The summed E-state index contributed by atoms with van der Waals surface area (Å²) in [4.78, 5) is 36.7. The van der Waals surface area contributed by atoms with Crippen LogP contribution in [0.15, 0.2) is 53.6 Å². The van der Waals surface area contributed by atoms with Gasteiger partial charge >= 0.3 is 6.01 Å². The van der Waals surface area contributed by atoms with E-state index in [1.54, 1.807) is 36.5 Å². The molecule has 1 aromatic carbocycles. The van der Waals surface area contributed by atoms with E-state index in [4.69, 9.17) is 21.1 Å². The summed E-state index contributed by atoms with van der Waals surface area (Å²) in [6.45, 7) is 4.04. The van der Waals surface area contributed by atoms with Gasteiger partial charge in [-0.3, -0.25) is 14.5 Å². The van der Waals surface area contributed by atoms with Crippen molar-refractivity contribution < 1.29 is 14.3 Å². The number of amides is 1. The van der Waals surface area contributed by atoms with Crippen molar-refractivity contribution in [3.63, 3.8) is 0 Å². The molecule has 11 heteroatoms. The molecule has 1 amide bonds. The zero-order valence-electron chi connectivity index (χ0n) is 22.0. The number of carbonyl (C=O) groups excluding carboxylic acids is 1. The molecule has 0 N–H and O–H groups in total. The van der Waals surface area contributed by atoms with Crippen LogP contribution in [0.3, 0.4) is 0 Å². The number of ether oxygens (including phenoxy) is 2. The van der Waals surface area contributed by atoms with Crippen LogP contribution in [0.2, 0.25) is 5.02 Å². The highest BCUT2D eigenvalue weighted by molar-refractivity contribution is 6.30. The van der Waals surface area contributed by atoms with Crippen LogP contribution in [0.5, 0.6) is 11.9 Å². The van der Waals surface area contributed by atoms with Crippen LogP contribution in [0.1, 0.15) is 53.1 Å². The summed E-state index contributed by atoms with van der Waals surface area (Å²) >= 11 is 6.26. The van der Waals surface area contributed by atoms with Gasteiger partial charge in [0.2, 0.25) is 5.88 Å². The Morgan fingerprint density at radius 1 is 1.08 bits per heavy atom. The minimum Gasteiger partial charge on any atom is -0.480 e. The molecule has 4 aromatic rings. The number of nitrogens with zero attached hydrogens (tertiary/aromatic N) is 6. The maximum absolute atomic E-state index is 14.1. The zero-order chi connectivity index (χ0) is 28.0. The first kappa shape index (κ1) is 26.0. The Hall–Kier alpha value is -4.62. The third kappa shape index (κ3) is 4.21. The summed E-state index contributed by atoms with van der Waals surface area (Å²) in [5.41, 5.74) is 3.94. The molecular formula is C28H25ClN6O4. The van der Waals surface area contributed by atoms with E-state index < -0.39 is 6.04 Å². The van der Waals surface area contributed by atoms with Crippen molar-refractivity contribution in [2.45, 2.75) is 25.9 Å². The first-order valence-electron chi connectivity index (χ1n) is 12.1. The fraction of sp³-hybridized carbons (Fsp3) is 0.250. The third-order valence-electron chi connectivity index (χ3n) is 6.70. The molecule has 10 nitrogen and oxygen atoms in total. The van der Waals surface area contributed by atoms with E-state index in [2.05, 4.69) is 20.6 Å². The van der Waals surface area contributed by atoms with Crippen LogP contribution < -0.4 is 19.9 Å². The molecule has 5 rings (SSSR count). The van der Waals surface area contributed by atoms with Crippen molar-refractivity contribution in [2.24, 2.45) is 7.05 Å². The Balaban J connectivity index is 1.79. The van der Waals surface area contributed by atoms with E-state index in [0.717, 1.165) is 11.3 Å². The third-order valence-corrected chi connectivity index (χ3v) is 6.97. The Bertz CT molecular complexity index is 1670. The average molecular weight is 545 g/mol. The van der Waals surface area contributed by atoms with E-state index >= 15 is 0 Å². The van der Waals surface area contributed by atoms with Gasteiger partial charge in [-0.05, 0) is 43.7 Å². The van der Waals surface area contributed by atoms with Gasteiger partial charge in [-0.2, -0.15) is 10.2 Å². The molecular weight excluding hydrogens is 520 g/mol. The highest BCUT2D eigenvalue weighted by Gasteiger charge is 2.44. The number of rotatable bonds is 6. The van der Waals surface area contributed by atoms with E-state index in [-0.39, 0.29) is 28.5 Å². The molecule has 0 bridgehead atoms. The maximum atomic E-state index is 14.1. The number of aromatic nitrogens is 4. The molecule has 0 saturated carbocycles. The first-order valence-corrected chi connectivity index (χ1v) is 12.5. The second-order valence-corrected chi connectivity index (χ2v) is 9.75. The number of hydrogen-bond acceptors (Lipinski definition) is 7. The van der Waals surface area contributed by atoms with Gasteiger partial charge in [0.05, 0.1) is 54.1 Å². The van der Waals surface area contributed by atoms with Gasteiger partial charge < -0.3 is 18.6 Å². The monoisotopic (exact) mass is 544 g/mol. The Labute approximate surface area is 229 Å². The molecule has 1 atom stereocenters. The van der Waals surface area contributed by atoms with Crippen LogP contribution in [0.4, 0.5) is 5.69 Å². The van der Waals surface area contributed by atoms with Crippen molar-refractivity contribution in [1.29, 1.82) is 5.26 Å². The smallest absolute Gasteiger partial charge is 0.319 e. The number of aryl methyl sites for hydroxylation is 1. The van der Waals surface area contributed by atoms with Gasteiger partial charge in [-0.15, -0.1) is 0 Å². The lowest BCUT2D eigenvalue weighted by atomic mass is 10.0. The molecule has 4 heterocycles. The van der Waals surface area contributed by atoms with Crippen LogP contribution in [-0.4, -0.2) is 39.2 Å². The SMILES string of the molecule is COc1ncc(-c2cc3c(n2C(C)C)C(c2ccc(C#N)cc2)N(c2cc(Cl)c(=O)n(C)c2)C3=O)c(OC)n1. The normalized spacial score (nSPS) is 14.5. The van der Waals surface area contributed by atoms with Crippen molar-refractivity contribution >= 4 is 23.2 Å². The summed E-state index contributed by atoms with van der Waals surface area (Å²) < 4.78 is 14.1. The maximum Gasteiger partial charge on any atom is 0.319 e. The Morgan fingerprint density at radius 3 is 2.38 bits per heavy atom. The summed E-state index contributed by atoms with van der Waals surface area (Å²) in [6, 6.07) is 12.1. The second kappa shape index (κ2) is 9.93. The highest BCUT2D eigenvalue weighted by atomic mass is 35.5. The number of hydrogen-bond donors (Lipinski definition) is 0. The lowest BCUT2D eigenvalue weighted by molar-refractivity contribution is 0.0993. The van der Waals surface area contributed by atoms with Crippen LogP contribution in [0, 0.1) is 11.3 Å². The number of nitriles is 1. The quantitative estimate of drug-likeness (QED) is 0.350.